The Hall–Kier alpha value is -1.54. The van der Waals surface area contributed by atoms with E-state index in [4.69, 9.17) is 11.6 Å². The van der Waals surface area contributed by atoms with E-state index in [1.807, 2.05) is 0 Å². The third-order valence-corrected chi connectivity index (χ3v) is 4.19. The SMILES string of the molecule is Fc1c(Cl)cccc1CNc1cccc2c1CCCC2. The molecule has 0 unspecified atom stereocenters. The molecule has 20 heavy (non-hydrogen) atoms. The molecule has 104 valence electrons. The summed E-state index contributed by atoms with van der Waals surface area (Å²) in [4.78, 5) is 0. The number of anilines is 1. The maximum absolute atomic E-state index is 13.9. The number of halogens is 2. The minimum atomic E-state index is -0.327. The van der Waals surface area contributed by atoms with Gasteiger partial charge < -0.3 is 5.32 Å². The topological polar surface area (TPSA) is 12.0 Å². The van der Waals surface area contributed by atoms with Crippen LogP contribution in [0.5, 0.6) is 0 Å². The molecule has 3 heteroatoms. The summed E-state index contributed by atoms with van der Waals surface area (Å²) in [5.41, 5.74) is 4.54. The maximum Gasteiger partial charge on any atom is 0.146 e. The van der Waals surface area contributed by atoms with Gasteiger partial charge in [-0.15, -0.1) is 0 Å². The van der Waals surface area contributed by atoms with Crippen molar-refractivity contribution in [3.05, 3.63) is 63.9 Å². The van der Waals surface area contributed by atoms with Crippen molar-refractivity contribution in [1.82, 2.24) is 0 Å². The number of rotatable bonds is 3. The van der Waals surface area contributed by atoms with Gasteiger partial charge in [0, 0.05) is 17.8 Å². The van der Waals surface area contributed by atoms with E-state index >= 15 is 0 Å². The van der Waals surface area contributed by atoms with Crippen LogP contribution < -0.4 is 5.32 Å². The van der Waals surface area contributed by atoms with Gasteiger partial charge in [0.05, 0.1) is 5.02 Å². The molecule has 0 fully saturated rings. The van der Waals surface area contributed by atoms with Gasteiger partial charge in [-0.25, -0.2) is 4.39 Å². The fraction of sp³-hybridized carbons (Fsp3) is 0.294. The first-order chi connectivity index (χ1) is 9.75. The van der Waals surface area contributed by atoms with Gasteiger partial charge in [-0.3, -0.25) is 0 Å². The van der Waals surface area contributed by atoms with E-state index in [2.05, 4.69) is 23.5 Å². The first-order valence-electron chi connectivity index (χ1n) is 7.03. The second-order valence-electron chi connectivity index (χ2n) is 5.22. The van der Waals surface area contributed by atoms with Crippen molar-refractivity contribution in [3.8, 4) is 0 Å². The highest BCUT2D eigenvalue weighted by atomic mass is 35.5. The lowest BCUT2D eigenvalue weighted by molar-refractivity contribution is 0.613. The van der Waals surface area contributed by atoms with E-state index in [1.54, 1.807) is 18.2 Å². The number of aryl methyl sites for hydroxylation is 1. The number of hydrogen-bond donors (Lipinski definition) is 1. The van der Waals surface area contributed by atoms with Crippen LogP contribution in [0, 0.1) is 5.82 Å². The summed E-state index contributed by atoms with van der Waals surface area (Å²) in [7, 11) is 0. The summed E-state index contributed by atoms with van der Waals surface area (Å²) in [5.74, 6) is -0.327. The van der Waals surface area contributed by atoms with Crippen LogP contribution in [0.15, 0.2) is 36.4 Å². The van der Waals surface area contributed by atoms with Crippen molar-refractivity contribution >= 4 is 17.3 Å². The van der Waals surface area contributed by atoms with Gasteiger partial charge in [0.15, 0.2) is 0 Å². The van der Waals surface area contributed by atoms with E-state index in [9.17, 15) is 4.39 Å². The Morgan fingerprint density at radius 3 is 2.75 bits per heavy atom. The maximum atomic E-state index is 13.9. The predicted octanol–water partition coefficient (Wildman–Crippen LogP) is 4.97. The van der Waals surface area contributed by atoms with Gasteiger partial charge >= 0.3 is 0 Å². The molecule has 1 aliphatic rings. The Bertz CT molecular complexity index is 624. The number of benzene rings is 2. The molecule has 0 aromatic heterocycles. The van der Waals surface area contributed by atoms with Gasteiger partial charge in [-0.1, -0.05) is 35.9 Å². The molecule has 0 atom stereocenters. The van der Waals surface area contributed by atoms with Gasteiger partial charge in [0.25, 0.3) is 0 Å². The van der Waals surface area contributed by atoms with Crippen LogP contribution in [0.3, 0.4) is 0 Å². The zero-order chi connectivity index (χ0) is 13.9. The Morgan fingerprint density at radius 1 is 1.05 bits per heavy atom. The van der Waals surface area contributed by atoms with Crippen LogP contribution in [0.1, 0.15) is 29.5 Å². The Labute approximate surface area is 123 Å². The molecule has 0 radical (unpaired) electrons. The normalized spacial score (nSPS) is 13.9. The average Bonchev–Trinajstić information content (AvgIpc) is 2.49. The Kier molecular flexibility index (Phi) is 3.93. The minimum absolute atomic E-state index is 0.180. The highest BCUT2D eigenvalue weighted by Crippen LogP contribution is 2.28. The Morgan fingerprint density at radius 2 is 1.85 bits per heavy atom. The molecule has 3 rings (SSSR count). The smallest absolute Gasteiger partial charge is 0.146 e. The zero-order valence-corrected chi connectivity index (χ0v) is 12.0. The van der Waals surface area contributed by atoms with Crippen LogP contribution in [-0.2, 0) is 19.4 Å². The molecule has 1 nitrogen and oxygen atoms in total. The average molecular weight is 290 g/mol. The molecule has 0 bridgehead atoms. The molecule has 2 aromatic rings. The van der Waals surface area contributed by atoms with E-state index in [0.717, 1.165) is 18.5 Å². The number of nitrogens with one attached hydrogen (secondary N) is 1. The standard InChI is InChI=1S/C17H17ClFN/c18-15-9-3-7-13(17(15)19)11-20-16-10-4-6-12-5-1-2-8-14(12)16/h3-4,6-7,9-10,20H,1-2,5,8,11H2. The molecule has 0 heterocycles. The van der Waals surface area contributed by atoms with Crippen molar-refractivity contribution in [1.29, 1.82) is 0 Å². The fourth-order valence-corrected chi connectivity index (χ4v) is 3.02. The van der Waals surface area contributed by atoms with Crippen molar-refractivity contribution < 1.29 is 4.39 Å². The second-order valence-corrected chi connectivity index (χ2v) is 5.62. The van der Waals surface area contributed by atoms with Crippen LogP contribution in [0.25, 0.3) is 0 Å². The molecule has 1 N–H and O–H groups in total. The quantitative estimate of drug-likeness (QED) is 0.841. The van der Waals surface area contributed by atoms with Gasteiger partial charge in [-0.05, 0) is 48.9 Å². The summed E-state index contributed by atoms with van der Waals surface area (Å²) >= 11 is 5.81. The molecule has 0 amide bonds. The van der Waals surface area contributed by atoms with E-state index < -0.39 is 0 Å². The van der Waals surface area contributed by atoms with Gasteiger partial charge in [0.2, 0.25) is 0 Å². The summed E-state index contributed by atoms with van der Waals surface area (Å²) in [6.07, 6.45) is 4.75. The summed E-state index contributed by atoms with van der Waals surface area (Å²) in [5, 5.41) is 3.54. The molecular weight excluding hydrogens is 273 g/mol. The van der Waals surface area contributed by atoms with E-state index in [1.165, 1.54) is 24.0 Å². The van der Waals surface area contributed by atoms with Crippen LogP contribution >= 0.6 is 11.6 Å². The van der Waals surface area contributed by atoms with Gasteiger partial charge in [0.1, 0.15) is 5.82 Å². The summed E-state index contributed by atoms with van der Waals surface area (Å²) in [6, 6.07) is 11.5. The van der Waals surface area contributed by atoms with Crippen molar-refractivity contribution in [3.63, 3.8) is 0 Å². The van der Waals surface area contributed by atoms with Crippen molar-refractivity contribution in [2.75, 3.05) is 5.32 Å². The third kappa shape index (κ3) is 2.66. The lowest BCUT2D eigenvalue weighted by atomic mass is 9.90. The molecule has 0 saturated heterocycles. The zero-order valence-electron chi connectivity index (χ0n) is 11.3. The van der Waals surface area contributed by atoms with Gasteiger partial charge in [-0.2, -0.15) is 0 Å². The fourth-order valence-electron chi connectivity index (χ4n) is 2.82. The first kappa shape index (κ1) is 13.4. The molecule has 0 spiro atoms. The third-order valence-electron chi connectivity index (χ3n) is 3.90. The van der Waals surface area contributed by atoms with Crippen molar-refractivity contribution in [2.24, 2.45) is 0 Å². The largest absolute Gasteiger partial charge is 0.381 e. The lowest BCUT2D eigenvalue weighted by Crippen LogP contribution is -2.09. The molecule has 2 aromatic carbocycles. The molecule has 1 aliphatic carbocycles. The van der Waals surface area contributed by atoms with Crippen LogP contribution in [-0.4, -0.2) is 0 Å². The first-order valence-corrected chi connectivity index (χ1v) is 7.41. The second kappa shape index (κ2) is 5.84. The molecule has 0 saturated carbocycles. The molecular formula is C17H17ClFN. The van der Waals surface area contributed by atoms with E-state index in [0.29, 0.717) is 12.1 Å². The predicted molar refractivity (Wildman–Crippen MR) is 81.8 cm³/mol. The Balaban J connectivity index is 1.80. The monoisotopic (exact) mass is 289 g/mol. The minimum Gasteiger partial charge on any atom is -0.381 e. The lowest BCUT2D eigenvalue weighted by Gasteiger charge is -2.20. The summed E-state index contributed by atoms with van der Waals surface area (Å²) < 4.78 is 13.9. The number of fused-ring (bicyclic) bond motifs is 1. The van der Waals surface area contributed by atoms with Crippen molar-refractivity contribution in [2.45, 2.75) is 32.2 Å². The van der Waals surface area contributed by atoms with Crippen LogP contribution in [0.4, 0.5) is 10.1 Å². The highest BCUT2D eigenvalue weighted by Gasteiger charge is 2.13. The number of hydrogen-bond acceptors (Lipinski definition) is 1. The highest BCUT2D eigenvalue weighted by molar-refractivity contribution is 6.30. The van der Waals surface area contributed by atoms with E-state index in [-0.39, 0.29) is 10.8 Å². The summed E-state index contributed by atoms with van der Waals surface area (Å²) in [6.45, 7) is 0.461. The molecule has 0 aliphatic heterocycles. The van der Waals surface area contributed by atoms with Crippen LogP contribution in [0.2, 0.25) is 5.02 Å².